The molecule has 0 aliphatic carbocycles. The highest BCUT2D eigenvalue weighted by atomic mass is 16.7. The van der Waals surface area contributed by atoms with Gasteiger partial charge in [0.05, 0.1) is 19.8 Å². The van der Waals surface area contributed by atoms with E-state index in [2.05, 4.69) is 15.0 Å². The van der Waals surface area contributed by atoms with Crippen LogP contribution in [0.3, 0.4) is 0 Å². The maximum atomic E-state index is 13.3. The Hall–Kier alpha value is -4.60. The molecule has 3 rings (SSSR count). The number of esters is 2. The number of nitrogens with zero attached hydrogens (tertiary/aromatic N) is 2. The minimum absolute atomic E-state index is 0.161. The molecule has 10 nitrogen and oxygen atoms in total. The van der Waals surface area contributed by atoms with E-state index in [0.717, 1.165) is 25.3 Å². The summed E-state index contributed by atoms with van der Waals surface area (Å²) in [6.45, 7) is 3.69. The normalized spacial score (nSPS) is 11.0. The van der Waals surface area contributed by atoms with E-state index in [4.69, 9.17) is 14.1 Å². The number of rotatable bonds is 7. The van der Waals surface area contributed by atoms with Gasteiger partial charge in [0.25, 0.3) is 5.76 Å². The first kappa shape index (κ1) is 24.1. The summed E-state index contributed by atoms with van der Waals surface area (Å²) in [5.74, 6) is -4.26. The minimum atomic E-state index is -1.04. The molecule has 174 valence electrons. The summed E-state index contributed by atoms with van der Waals surface area (Å²) in [6.07, 6.45) is 0. The van der Waals surface area contributed by atoms with Crippen LogP contribution < -0.4 is 0 Å². The largest absolute Gasteiger partial charge is 0.465 e. The van der Waals surface area contributed by atoms with E-state index in [9.17, 15) is 19.2 Å². The average Bonchev–Trinajstić information content (AvgIpc) is 3.28. The van der Waals surface area contributed by atoms with Crippen LogP contribution >= 0.6 is 0 Å². The maximum absolute atomic E-state index is 13.3. The number of oxime groups is 1. The Labute approximate surface area is 194 Å². The van der Waals surface area contributed by atoms with Crippen molar-refractivity contribution in [1.82, 2.24) is 5.16 Å². The van der Waals surface area contributed by atoms with Crippen LogP contribution in [0.1, 0.15) is 58.4 Å². The van der Waals surface area contributed by atoms with Gasteiger partial charge in [0, 0.05) is 5.56 Å². The molecule has 0 aliphatic heterocycles. The number of aryl methyl sites for hydroxylation is 2. The first-order chi connectivity index (χ1) is 16.3. The fourth-order valence-electron chi connectivity index (χ4n) is 2.84. The van der Waals surface area contributed by atoms with Gasteiger partial charge in [0.15, 0.2) is 11.4 Å². The summed E-state index contributed by atoms with van der Waals surface area (Å²) >= 11 is 0. The SMILES string of the molecule is COC(=O)c1onc(/C(=N\OC(=O)c2ccc(C)cc2)C(=O)c2ccc(C)cc2)c1C(=O)OC. The molecule has 0 bridgehead atoms. The molecule has 0 saturated heterocycles. The topological polar surface area (TPSA) is 134 Å². The van der Waals surface area contributed by atoms with Crippen molar-refractivity contribution < 1.29 is 38.0 Å². The summed E-state index contributed by atoms with van der Waals surface area (Å²) in [6, 6.07) is 12.9. The first-order valence-electron chi connectivity index (χ1n) is 9.90. The van der Waals surface area contributed by atoms with E-state index in [1.807, 2.05) is 13.8 Å². The van der Waals surface area contributed by atoms with Crippen molar-refractivity contribution in [2.75, 3.05) is 14.2 Å². The Morgan fingerprint density at radius 2 is 1.29 bits per heavy atom. The van der Waals surface area contributed by atoms with Crippen LogP contribution in [0.25, 0.3) is 0 Å². The molecule has 2 aromatic carbocycles. The Morgan fingerprint density at radius 1 is 0.765 bits per heavy atom. The van der Waals surface area contributed by atoms with Crippen molar-refractivity contribution in [2.45, 2.75) is 13.8 Å². The summed E-state index contributed by atoms with van der Waals surface area (Å²) in [5.41, 5.74) is 0.661. The smallest absolute Gasteiger partial charge is 0.377 e. The van der Waals surface area contributed by atoms with Gasteiger partial charge in [-0.05, 0) is 26.0 Å². The van der Waals surface area contributed by atoms with Crippen LogP contribution in [-0.2, 0) is 14.3 Å². The Morgan fingerprint density at radius 3 is 1.82 bits per heavy atom. The molecule has 34 heavy (non-hydrogen) atoms. The Kier molecular flexibility index (Phi) is 7.32. The molecule has 0 aliphatic rings. The molecule has 0 spiro atoms. The number of benzene rings is 2. The van der Waals surface area contributed by atoms with Gasteiger partial charge in [-0.25, -0.2) is 14.4 Å². The minimum Gasteiger partial charge on any atom is -0.465 e. The van der Waals surface area contributed by atoms with Crippen LogP contribution in [-0.4, -0.2) is 48.8 Å². The summed E-state index contributed by atoms with van der Waals surface area (Å²) in [7, 11) is 2.14. The molecular weight excluding hydrogens is 444 g/mol. The average molecular weight is 464 g/mol. The van der Waals surface area contributed by atoms with Crippen molar-refractivity contribution >= 4 is 29.4 Å². The van der Waals surface area contributed by atoms with E-state index in [-0.39, 0.29) is 11.1 Å². The van der Waals surface area contributed by atoms with Gasteiger partial charge in [0.2, 0.25) is 5.78 Å². The summed E-state index contributed by atoms with van der Waals surface area (Å²) in [5, 5.41) is 7.36. The van der Waals surface area contributed by atoms with Crippen molar-refractivity contribution in [3.63, 3.8) is 0 Å². The molecule has 0 amide bonds. The zero-order valence-electron chi connectivity index (χ0n) is 18.8. The standard InChI is InChI=1S/C24H20N2O8/c1-13-5-9-15(10-6-13)20(27)19(26-34-22(28)16-11-7-14(2)8-12-16)18-17(23(29)31-3)21(33-25-18)24(30)32-4/h5-12H,1-4H3/b26-19+. The molecule has 1 heterocycles. The highest BCUT2D eigenvalue weighted by Gasteiger charge is 2.35. The van der Waals surface area contributed by atoms with Gasteiger partial charge >= 0.3 is 17.9 Å². The number of aromatic nitrogens is 1. The van der Waals surface area contributed by atoms with Gasteiger partial charge < -0.3 is 18.8 Å². The second kappa shape index (κ2) is 10.3. The molecule has 3 aromatic rings. The Balaban J connectivity index is 2.12. The van der Waals surface area contributed by atoms with Crippen molar-refractivity contribution in [3.05, 3.63) is 87.8 Å². The third-order valence-electron chi connectivity index (χ3n) is 4.71. The second-order valence-electron chi connectivity index (χ2n) is 7.10. The van der Waals surface area contributed by atoms with Crippen LogP contribution in [0, 0.1) is 13.8 Å². The van der Waals surface area contributed by atoms with Gasteiger partial charge in [-0.1, -0.05) is 57.8 Å². The quantitative estimate of drug-likeness (QED) is 0.170. The fraction of sp³-hybridized carbons (Fsp3) is 0.167. The van der Waals surface area contributed by atoms with E-state index < -0.39 is 46.4 Å². The van der Waals surface area contributed by atoms with Crippen molar-refractivity contribution in [3.8, 4) is 0 Å². The molecular formula is C24H20N2O8. The van der Waals surface area contributed by atoms with Crippen molar-refractivity contribution in [2.24, 2.45) is 5.16 Å². The number of ketones is 1. The van der Waals surface area contributed by atoms with Crippen LogP contribution in [0.2, 0.25) is 0 Å². The summed E-state index contributed by atoms with van der Waals surface area (Å²) < 4.78 is 14.3. The number of Topliss-reactive ketones (excluding diaryl/α,β-unsaturated/α-hetero) is 1. The van der Waals surface area contributed by atoms with E-state index >= 15 is 0 Å². The monoisotopic (exact) mass is 464 g/mol. The van der Waals surface area contributed by atoms with Crippen LogP contribution in [0.5, 0.6) is 0 Å². The third-order valence-corrected chi connectivity index (χ3v) is 4.71. The number of hydrogen-bond donors (Lipinski definition) is 0. The fourth-order valence-corrected chi connectivity index (χ4v) is 2.84. The zero-order chi connectivity index (χ0) is 24.8. The van der Waals surface area contributed by atoms with Gasteiger partial charge in [-0.3, -0.25) is 4.79 Å². The molecule has 0 atom stereocenters. The lowest BCUT2D eigenvalue weighted by molar-refractivity contribution is 0.0513. The lowest BCUT2D eigenvalue weighted by Gasteiger charge is -2.06. The predicted molar refractivity (Wildman–Crippen MR) is 118 cm³/mol. The molecule has 0 radical (unpaired) electrons. The molecule has 0 N–H and O–H groups in total. The van der Waals surface area contributed by atoms with Gasteiger partial charge in [-0.2, -0.15) is 0 Å². The number of hydrogen-bond acceptors (Lipinski definition) is 10. The molecule has 0 fully saturated rings. The number of carbonyl (C=O) groups is 4. The first-order valence-corrected chi connectivity index (χ1v) is 9.90. The van der Waals surface area contributed by atoms with E-state index in [1.54, 1.807) is 24.3 Å². The number of carbonyl (C=O) groups excluding carboxylic acids is 4. The van der Waals surface area contributed by atoms with Crippen LogP contribution in [0.4, 0.5) is 0 Å². The van der Waals surface area contributed by atoms with Crippen molar-refractivity contribution in [1.29, 1.82) is 0 Å². The number of methoxy groups -OCH3 is 2. The van der Waals surface area contributed by atoms with E-state index in [0.29, 0.717) is 0 Å². The van der Waals surface area contributed by atoms with Gasteiger partial charge in [-0.15, -0.1) is 0 Å². The summed E-state index contributed by atoms with van der Waals surface area (Å²) in [4.78, 5) is 55.3. The number of ether oxygens (including phenoxy) is 2. The van der Waals surface area contributed by atoms with Crippen LogP contribution in [0.15, 0.2) is 58.2 Å². The van der Waals surface area contributed by atoms with E-state index in [1.165, 1.54) is 24.3 Å². The third kappa shape index (κ3) is 5.07. The molecule has 0 unspecified atom stereocenters. The molecule has 0 saturated carbocycles. The lowest BCUT2D eigenvalue weighted by Crippen LogP contribution is -2.22. The maximum Gasteiger partial charge on any atom is 0.377 e. The lowest BCUT2D eigenvalue weighted by atomic mass is 10.0. The molecule has 10 heteroatoms. The second-order valence-corrected chi connectivity index (χ2v) is 7.10. The van der Waals surface area contributed by atoms with Gasteiger partial charge in [0.1, 0.15) is 5.56 Å². The zero-order valence-corrected chi connectivity index (χ0v) is 18.8. The molecule has 1 aromatic heterocycles. The highest BCUT2D eigenvalue weighted by molar-refractivity contribution is 6.51. The predicted octanol–water partition coefficient (Wildman–Crippen LogP) is 3.31. The Bertz CT molecular complexity index is 1270. The highest BCUT2D eigenvalue weighted by Crippen LogP contribution is 2.20.